The van der Waals surface area contributed by atoms with Gasteiger partial charge in [-0.2, -0.15) is 0 Å². The molecule has 252 valence electrons. The zero-order valence-corrected chi connectivity index (χ0v) is 28.1. The predicted molar refractivity (Wildman–Crippen MR) is 190 cm³/mol. The van der Waals surface area contributed by atoms with E-state index in [9.17, 15) is 4.79 Å². The number of para-hydroxylation sites is 1. The molecular formula is C37H35Cl2N5O5. The van der Waals surface area contributed by atoms with Crippen LogP contribution in [0.25, 0.3) is 0 Å². The Morgan fingerprint density at radius 2 is 1.57 bits per heavy atom. The Balaban J connectivity index is 0.893. The van der Waals surface area contributed by atoms with Crippen LogP contribution in [-0.2, 0) is 21.8 Å². The Kier molecular flexibility index (Phi) is 9.90. The number of piperazine rings is 1. The largest absolute Gasteiger partial charge is 0.491 e. The lowest BCUT2D eigenvalue weighted by atomic mass is 10.1. The number of nitrogens with one attached hydrogen (secondary N) is 1. The number of hydrogen-bond acceptors (Lipinski definition) is 8. The minimum Gasteiger partial charge on any atom is -0.491 e. The lowest BCUT2D eigenvalue weighted by molar-refractivity contribution is -0.189. The number of imidazole rings is 1. The molecule has 7 rings (SSSR count). The molecule has 10 nitrogen and oxygen atoms in total. The van der Waals surface area contributed by atoms with Gasteiger partial charge in [-0.1, -0.05) is 47.5 Å². The van der Waals surface area contributed by atoms with Crippen LogP contribution in [0.15, 0.2) is 116 Å². The van der Waals surface area contributed by atoms with Gasteiger partial charge in [0, 0.05) is 66.2 Å². The zero-order chi connectivity index (χ0) is 33.6. The number of anilines is 3. The van der Waals surface area contributed by atoms with Gasteiger partial charge in [-0.15, -0.1) is 0 Å². The van der Waals surface area contributed by atoms with E-state index >= 15 is 0 Å². The highest BCUT2D eigenvalue weighted by Crippen LogP contribution is 2.40. The molecule has 0 bridgehead atoms. The molecule has 1 amide bonds. The molecule has 4 aromatic carbocycles. The molecule has 2 fully saturated rings. The molecule has 12 heteroatoms. The monoisotopic (exact) mass is 699 g/mol. The van der Waals surface area contributed by atoms with Gasteiger partial charge in [0.2, 0.25) is 5.79 Å². The van der Waals surface area contributed by atoms with Gasteiger partial charge in [0.25, 0.3) is 0 Å². The number of hydrogen-bond donors (Lipinski definition) is 1. The first-order valence-electron chi connectivity index (χ1n) is 16.0. The number of carbonyl (C=O) groups is 1. The fourth-order valence-electron chi connectivity index (χ4n) is 6.04. The van der Waals surface area contributed by atoms with Crippen LogP contribution in [0.5, 0.6) is 11.5 Å². The van der Waals surface area contributed by atoms with Crippen LogP contribution < -0.4 is 24.6 Å². The van der Waals surface area contributed by atoms with E-state index in [0.717, 1.165) is 43.3 Å². The second-order valence-electron chi connectivity index (χ2n) is 11.8. The van der Waals surface area contributed by atoms with Gasteiger partial charge in [0.15, 0.2) is 0 Å². The number of carbonyl (C=O) groups excluding carboxylic acids is 1. The molecule has 0 radical (unpaired) electrons. The summed E-state index contributed by atoms with van der Waals surface area (Å²) in [5.74, 6) is 0.151. The molecule has 2 unspecified atom stereocenters. The maximum Gasteiger partial charge on any atom is 0.417 e. The topological polar surface area (TPSA) is 90.3 Å². The van der Waals surface area contributed by atoms with Crippen molar-refractivity contribution in [2.24, 2.45) is 0 Å². The predicted octanol–water partition coefficient (Wildman–Crippen LogP) is 7.47. The van der Waals surface area contributed by atoms with E-state index in [1.165, 1.54) is 0 Å². The Bertz CT molecular complexity index is 1840. The summed E-state index contributed by atoms with van der Waals surface area (Å²) in [5.41, 5.74) is 3.63. The molecule has 49 heavy (non-hydrogen) atoms. The second-order valence-corrected chi connectivity index (χ2v) is 12.7. The third kappa shape index (κ3) is 7.95. The van der Waals surface area contributed by atoms with E-state index in [1.54, 1.807) is 36.8 Å². The first-order chi connectivity index (χ1) is 23.9. The van der Waals surface area contributed by atoms with Gasteiger partial charge in [0.05, 0.1) is 24.5 Å². The number of ether oxygens (including phenoxy) is 4. The molecule has 3 heterocycles. The standard InChI is InChI=1S/C37H35Cl2N5O5/c38-27-6-15-34(35(39)22-27)37(25-42-17-16-40-26-42)47-24-33(49-37)23-46-31-13-11-30(12-14-31)44-20-18-43(19-21-44)29-9-7-28(8-10-29)41-36(45)48-32-4-2-1-3-5-32/h1-17,22,26,33H,18-21,23-25H2,(H,41,45). The maximum atomic E-state index is 12.2. The van der Waals surface area contributed by atoms with Crippen LogP contribution in [0.2, 0.25) is 10.0 Å². The van der Waals surface area contributed by atoms with Crippen molar-refractivity contribution in [1.82, 2.24) is 9.55 Å². The van der Waals surface area contributed by atoms with E-state index in [-0.39, 0.29) is 6.10 Å². The van der Waals surface area contributed by atoms with E-state index < -0.39 is 11.9 Å². The van der Waals surface area contributed by atoms with Crippen molar-refractivity contribution >= 4 is 46.4 Å². The van der Waals surface area contributed by atoms with Crippen LogP contribution >= 0.6 is 23.2 Å². The third-order valence-electron chi connectivity index (χ3n) is 8.50. The lowest BCUT2D eigenvalue weighted by Gasteiger charge is -2.37. The molecule has 1 N–H and O–H groups in total. The fourth-order valence-corrected chi connectivity index (χ4v) is 6.59. The summed E-state index contributed by atoms with van der Waals surface area (Å²) in [7, 11) is 0. The van der Waals surface area contributed by atoms with Crippen molar-refractivity contribution in [1.29, 1.82) is 0 Å². The molecule has 2 aliphatic heterocycles. The lowest BCUT2D eigenvalue weighted by Crippen LogP contribution is -2.46. The molecule has 1 aromatic heterocycles. The number of aromatic nitrogens is 2. The Labute approximate surface area is 294 Å². The fraction of sp³-hybridized carbons (Fsp3) is 0.243. The molecule has 5 aromatic rings. The van der Waals surface area contributed by atoms with Gasteiger partial charge in [-0.25, -0.2) is 9.78 Å². The summed E-state index contributed by atoms with van der Waals surface area (Å²) >= 11 is 12.8. The highest BCUT2D eigenvalue weighted by Gasteiger charge is 2.45. The van der Waals surface area contributed by atoms with Gasteiger partial charge < -0.3 is 33.3 Å². The summed E-state index contributed by atoms with van der Waals surface area (Å²) in [5, 5.41) is 3.79. The van der Waals surface area contributed by atoms with Crippen LogP contribution in [0, 0.1) is 0 Å². The van der Waals surface area contributed by atoms with E-state index in [1.807, 2.05) is 71.4 Å². The number of nitrogens with zero attached hydrogens (tertiary/aromatic N) is 4. The Hall–Kier alpha value is -4.74. The van der Waals surface area contributed by atoms with Crippen molar-refractivity contribution < 1.29 is 23.7 Å². The Morgan fingerprint density at radius 3 is 2.22 bits per heavy atom. The van der Waals surface area contributed by atoms with E-state index in [2.05, 4.69) is 32.2 Å². The van der Waals surface area contributed by atoms with Crippen molar-refractivity contribution in [3.63, 3.8) is 0 Å². The van der Waals surface area contributed by atoms with Crippen molar-refractivity contribution in [3.05, 3.63) is 131 Å². The second kappa shape index (κ2) is 14.8. The summed E-state index contributed by atoms with van der Waals surface area (Å²) in [4.78, 5) is 21.1. The quantitative estimate of drug-likeness (QED) is 0.161. The average molecular weight is 701 g/mol. The minimum atomic E-state index is -1.10. The maximum absolute atomic E-state index is 12.2. The van der Waals surface area contributed by atoms with Crippen molar-refractivity contribution in [2.75, 3.05) is 54.5 Å². The summed E-state index contributed by atoms with van der Waals surface area (Å²) in [6.07, 6.45) is 4.45. The SMILES string of the molecule is O=C(Nc1ccc(N2CCN(c3ccc(OCC4COC(Cn5ccnc5)(c5ccc(Cl)cc5Cl)O4)cc3)CC2)cc1)Oc1ccccc1. The van der Waals surface area contributed by atoms with Crippen LogP contribution in [0.1, 0.15) is 5.56 Å². The summed E-state index contributed by atoms with van der Waals surface area (Å²) in [6.45, 7) is 4.54. The summed E-state index contributed by atoms with van der Waals surface area (Å²) in [6, 6.07) is 30.3. The molecule has 2 saturated heterocycles. The number of rotatable bonds is 10. The minimum absolute atomic E-state index is 0.309. The number of amides is 1. The molecule has 2 atom stereocenters. The van der Waals surface area contributed by atoms with E-state index in [4.69, 9.17) is 42.1 Å². The summed E-state index contributed by atoms with van der Waals surface area (Å²) < 4.78 is 26.1. The van der Waals surface area contributed by atoms with Crippen LogP contribution in [0.3, 0.4) is 0 Å². The van der Waals surface area contributed by atoms with Gasteiger partial charge in [-0.3, -0.25) is 5.32 Å². The molecule has 0 saturated carbocycles. The van der Waals surface area contributed by atoms with Crippen molar-refractivity contribution in [2.45, 2.75) is 18.4 Å². The number of halogens is 2. The molecule has 0 aliphatic carbocycles. The molecule has 0 spiro atoms. The third-order valence-corrected chi connectivity index (χ3v) is 9.05. The first-order valence-corrected chi connectivity index (χ1v) is 16.8. The Morgan fingerprint density at radius 1 is 0.878 bits per heavy atom. The zero-order valence-electron chi connectivity index (χ0n) is 26.6. The molecular weight excluding hydrogens is 665 g/mol. The average Bonchev–Trinajstić information content (AvgIpc) is 3.79. The highest BCUT2D eigenvalue weighted by molar-refractivity contribution is 6.35. The van der Waals surface area contributed by atoms with Gasteiger partial charge in [0.1, 0.15) is 24.2 Å². The number of benzene rings is 4. The highest BCUT2D eigenvalue weighted by atomic mass is 35.5. The van der Waals surface area contributed by atoms with Crippen LogP contribution in [0.4, 0.5) is 21.9 Å². The van der Waals surface area contributed by atoms with Crippen LogP contribution in [-0.4, -0.2) is 61.1 Å². The molecule has 2 aliphatic rings. The smallest absolute Gasteiger partial charge is 0.417 e. The normalized spacial score (nSPS) is 19.1. The van der Waals surface area contributed by atoms with Gasteiger partial charge >= 0.3 is 6.09 Å². The first kappa shape index (κ1) is 32.8. The van der Waals surface area contributed by atoms with Gasteiger partial charge in [-0.05, 0) is 72.8 Å². The van der Waals surface area contributed by atoms with Crippen molar-refractivity contribution in [3.8, 4) is 11.5 Å². The van der Waals surface area contributed by atoms with E-state index in [0.29, 0.717) is 46.8 Å².